The molecule has 15 heavy (non-hydrogen) atoms. The van der Waals surface area contributed by atoms with E-state index in [1.165, 1.54) is 15.3 Å². The molecule has 2 rings (SSSR count). The molecule has 0 saturated heterocycles. The van der Waals surface area contributed by atoms with Gasteiger partial charge in [0.2, 0.25) is 0 Å². The number of nitrogens with zero attached hydrogens (tertiary/aromatic N) is 1. The summed E-state index contributed by atoms with van der Waals surface area (Å²) in [5.41, 5.74) is 3.24. The Morgan fingerprint density at radius 3 is 2.87 bits per heavy atom. The van der Waals surface area contributed by atoms with Gasteiger partial charge in [0.25, 0.3) is 0 Å². The fraction of sp³-hybridized carbons (Fsp3) is 0.364. The van der Waals surface area contributed by atoms with Gasteiger partial charge in [0.1, 0.15) is 0 Å². The van der Waals surface area contributed by atoms with Crippen LogP contribution in [-0.4, -0.2) is 11.5 Å². The van der Waals surface area contributed by atoms with Crippen molar-refractivity contribution < 1.29 is 0 Å². The van der Waals surface area contributed by atoms with E-state index in [0.29, 0.717) is 6.04 Å². The Morgan fingerprint density at radius 2 is 2.33 bits per heavy atom. The summed E-state index contributed by atoms with van der Waals surface area (Å²) in [4.78, 5) is 6.78. The largest absolute Gasteiger partial charge is 0.306 e. The van der Waals surface area contributed by atoms with E-state index in [9.17, 15) is 0 Å². The highest BCUT2D eigenvalue weighted by Gasteiger charge is 2.15. The van der Waals surface area contributed by atoms with Gasteiger partial charge in [-0.25, -0.2) is 0 Å². The van der Waals surface area contributed by atoms with Gasteiger partial charge in [0.15, 0.2) is 0 Å². The fourth-order valence-electron chi connectivity index (χ4n) is 1.57. The topological polar surface area (TPSA) is 24.9 Å². The first-order chi connectivity index (χ1) is 7.31. The molecule has 1 atom stereocenters. The van der Waals surface area contributed by atoms with Crippen molar-refractivity contribution in [1.29, 1.82) is 0 Å². The van der Waals surface area contributed by atoms with Crippen LogP contribution >= 0.6 is 22.7 Å². The van der Waals surface area contributed by atoms with Crippen LogP contribution in [0.4, 0.5) is 0 Å². The van der Waals surface area contributed by atoms with E-state index in [4.69, 9.17) is 0 Å². The molecular formula is C11H14N2S2. The zero-order valence-electron chi connectivity index (χ0n) is 8.86. The summed E-state index contributed by atoms with van der Waals surface area (Å²) in [6.45, 7) is 5.24. The maximum Gasteiger partial charge on any atom is 0.0794 e. The summed E-state index contributed by atoms with van der Waals surface area (Å²) < 4.78 is 0. The molecule has 2 aromatic rings. The monoisotopic (exact) mass is 238 g/mol. The Bertz CT molecular complexity index is 406. The van der Waals surface area contributed by atoms with Crippen LogP contribution in [-0.2, 0) is 0 Å². The lowest BCUT2D eigenvalue weighted by molar-refractivity contribution is 0.640. The van der Waals surface area contributed by atoms with Gasteiger partial charge in [-0.15, -0.1) is 22.7 Å². The Balaban J connectivity index is 2.27. The molecule has 0 fully saturated rings. The van der Waals surface area contributed by atoms with Crippen molar-refractivity contribution in [3.8, 4) is 0 Å². The highest BCUT2D eigenvalue weighted by atomic mass is 32.1. The number of hydrogen-bond acceptors (Lipinski definition) is 4. The molecular weight excluding hydrogens is 224 g/mol. The van der Waals surface area contributed by atoms with Crippen LogP contribution in [0.1, 0.15) is 28.3 Å². The van der Waals surface area contributed by atoms with Crippen LogP contribution in [0.2, 0.25) is 0 Å². The molecule has 0 radical (unpaired) electrons. The van der Waals surface area contributed by atoms with Crippen molar-refractivity contribution in [2.45, 2.75) is 19.9 Å². The number of rotatable bonds is 4. The summed E-state index contributed by atoms with van der Waals surface area (Å²) in [5.74, 6) is 0. The van der Waals surface area contributed by atoms with Crippen molar-refractivity contribution in [2.24, 2.45) is 0 Å². The standard InChI is InChI=1S/C11H14N2S2/c1-3-13-11(10-5-12-7-15-10)9-4-8(2)14-6-9/h4-7,11,13H,3H2,1-2H3. The summed E-state index contributed by atoms with van der Waals surface area (Å²) in [6, 6.07) is 2.56. The van der Waals surface area contributed by atoms with Gasteiger partial charge in [0, 0.05) is 16.0 Å². The van der Waals surface area contributed by atoms with E-state index in [-0.39, 0.29) is 0 Å². The van der Waals surface area contributed by atoms with E-state index in [1.807, 2.05) is 11.7 Å². The first kappa shape index (κ1) is 10.8. The zero-order chi connectivity index (χ0) is 10.7. The second-order valence-electron chi connectivity index (χ2n) is 3.39. The highest BCUT2D eigenvalue weighted by Crippen LogP contribution is 2.28. The minimum Gasteiger partial charge on any atom is -0.306 e. The fourth-order valence-corrected chi connectivity index (χ4v) is 3.02. The third-order valence-corrected chi connectivity index (χ3v) is 3.95. The number of thiophene rings is 1. The summed E-state index contributed by atoms with van der Waals surface area (Å²) in [5, 5.41) is 5.72. The summed E-state index contributed by atoms with van der Waals surface area (Å²) >= 11 is 3.51. The van der Waals surface area contributed by atoms with Crippen molar-refractivity contribution in [2.75, 3.05) is 6.54 Å². The minimum atomic E-state index is 0.312. The number of aromatic nitrogens is 1. The van der Waals surface area contributed by atoms with Gasteiger partial charge < -0.3 is 5.32 Å². The van der Waals surface area contributed by atoms with Crippen LogP contribution in [0.25, 0.3) is 0 Å². The number of nitrogens with one attached hydrogen (secondary N) is 1. The Hall–Kier alpha value is -0.710. The molecule has 80 valence electrons. The number of hydrogen-bond donors (Lipinski definition) is 1. The number of thiazole rings is 1. The molecule has 1 unspecified atom stereocenters. The molecule has 4 heteroatoms. The lowest BCUT2D eigenvalue weighted by Gasteiger charge is -2.14. The molecule has 0 bridgehead atoms. The van der Waals surface area contributed by atoms with Crippen LogP contribution < -0.4 is 5.32 Å². The lowest BCUT2D eigenvalue weighted by Crippen LogP contribution is -2.20. The first-order valence-corrected chi connectivity index (χ1v) is 6.74. The van der Waals surface area contributed by atoms with Gasteiger partial charge in [0.05, 0.1) is 11.6 Å². The number of aryl methyl sites for hydroxylation is 1. The van der Waals surface area contributed by atoms with E-state index in [1.54, 1.807) is 22.7 Å². The van der Waals surface area contributed by atoms with Gasteiger partial charge in [-0.3, -0.25) is 4.98 Å². The highest BCUT2D eigenvalue weighted by molar-refractivity contribution is 7.10. The summed E-state index contributed by atoms with van der Waals surface area (Å²) in [7, 11) is 0. The molecule has 0 aromatic carbocycles. The smallest absolute Gasteiger partial charge is 0.0794 e. The average molecular weight is 238 g/mol. The van der Waals surface area contributed by atoms with Crippen LogP contribution in [0.15, 0.2) is 23.2 Å². The van der Waals surface area contributed by atoms with E-state index < -0.39 is 0 Å². The maximum absolute atomic E-state index is 4.14. The summed E-state index contributed by atoms with van der Waals surface area (Å²) in [6.07, 6.45) is 1.95. The zero-order valence-corrected chi connectivity index (χ0v) is 10.5. The minimum absolute atomic E-state index is 0.312. The SMILES string of the molecule is CCNC(c1csc(C)c1)c1cncs1. The first-order valence-electron chi connectivity index (χ1n) is 4.98. The van der Waals surface area contributed by atoms with Crippen molar-refractivity contribution in [3.05, 3.63) is 38.5 Å². The third kappa shape index (κ3) is 2.45. The predicted octanol–water partition coefficient (Wildman–Crippen LogP) is 3.21. The second kappa shape index (κ2) is 4.88. The van der Waals surface area contributed by atoms with Crippen molar-refractivity contribution in [1.82, 2.24) is 10.3 Å². The van der Waals surface area contributed by atoms with Crippen molar-refractivity contribution >= 4 is 22.7 Å². The van der Waals surface area contributed by atoms with Gasteiger partial charge >= 0.3 is 0 Å². The van der Waals surface area contributed by atoms with E-state index in [2.05, 4.69) is 35.6 Å². The molecule has 2 heterocycles. The maximum atomic E-state index is 4.14. The molecule has 0 spiro atoms. The Morgan fingerprint density at radius 1 is 1.47 bits per heavy atom. The second-order valence-corrected chi connectivity index (χ2v) is 5.42. The normalized spacial score (nSPS) is 12.9. The van der Waals surface area contributed by atoms with Gasteiger partial charge in [-0.05, 0) is 30.5 Å². The van der Waals surface area contributed by atoms with Crippen LogP contribution in [0, 0.1) is 6.92 Å². The quantitative estimate of drug-likeness (QED) is 0.884. The average Bonchev–Trinajstić information content (AvgIpc) is 2.85. The Labute approximate surface area is 98.0 Å². The predicted molar refractivity (Wildman–Crippen MR) is 66.7 cm³/mol. The van der Waals surface area contributed by atoms with Crippen molar-refractivity contribution in [3.63, 3.8) is 0 Å². The molecule has 0 saturated carbocycles. The molecule has 2 aromatic heterocycles. The molecule has 2 nitrogen and oxygen atoms in total. The van der Waals surface area contributed by atoms with Crippen LogP contribution in [0.3, 0.4) is 0 Å². The van der Waals surface area contributed by atoms with E-state index >= 15 is 0 Å². The molecule has 0 aliphatic rings. The molecule has 0 aliphatic carbocycles. The van der Waals surface area contributed by atoms with Crippen LogP contribution in [0.5, 0.6) is 0 Å². The third-order valence-electron chi connectivity index (χ3n) is 2.23. The van der Waals surface area contributed by atoms with Gasteiger partial charge in [-0.1, -0.05) is 6.92 Å². The van der Waals surface area contributed by atoms with Gasteiger partial charge in [-0.2, -0.15) is 0 Å². The lowest BCUT2D eigenvalue weighted by atomic mass is 10.1. The van der Waals surface area contributed by atoms with E-state index in [0.717, 1.165) is 6.54 Å². The molecule has 0 aliphatic heterocycles. The Kier molecular flexibility index (Phi) is 3.51. The molecule has 1 N–H and O–H groups in total. The molecule has 0 amide bonds.